The van der Waals surface area contributed by atoms with Crippen LogP contribution in [0.4, 0.5) is 0 Å². The summed E-state index contributed by atoms with van der Waals surface area (Å²) in [7, 11) is 1.61. The van der Waals surface area contributed by atoms with E-state index in [4.69, 9.17) is 19.2 Å². The molecule has 0 amide bonds. The maximum Gasteiger partial charge on any atom is 0.194 e. The van der Waals surface area contributed by atoms with Gasteiger partial charge in [-0.2, -0.15) is 0 Å². The number of aromatic hydroxyl groups is 1. The minimum absolute atomic E-state index is 0.0836. The Labute approximate surface area is 155 Å². The van der Waals surface area contributed by atoms with Crippen molar-refractivity contribution in [2.45, 2.75) is 38.5 Å². The molecule has 1 aromatic carbocycles. The average Bonchev–Trinajstić information content (AvgIpc) is 3.21. The van der Waals surface area contributed by atoms with Crippen LogP contribution in [-0.2, 0) is 16.0 Å². The Morgan fingerprint density at radius 1 is 1.35 bits per heavy atom. The summed E-state index contributed by atoms with van der Waals surface area (Å²) in [6.45, 7) is 6.27. The molecular formula is C19H29N3O4. The fraction of sp³-hybridized carbons (Fsp3) is 0.632. The van der Waals surface area contributed by atoms with E-state index in [1.807, 2.05) is 6.07 Å². The van der Waals surface area contributed by atoms with Crippen LogP contribution in [0.5, 0.6) is 11.5 Å². The molecule has 2 unspecified atom stereocenters. The molecule has 3 rings (SSSR count). The van der Waals surface area contributed by atoms with Crippen LogP contribution in [0.3, 0.4) is 0 Å². The first-order valence-electron chi connectivity index (χ1n) is 9.33. The summed E-state index contributed by atoms with van der Waals surface area (Å²) in [5.74, 6) is 1.77. The Morgan fingerprint density at radius 3 is 2.92 bits per heavy atom. The van der Waals surface area contributed by atoms with E-state index >= 15 is 0 Å². The second kappa shape index (κ2) is 9.09. The van der Waals surface area contributed by atoms with E-state index in [1.54, 1.807) is 19.2 Å². The summed E-state index contributed by atoms with van der Waals surface area (Å²) >= 11 is 0. The molecule has 2 atom stereocenters. The lowest BCUT2D eigenvalue weighted by Crippen LogP contribution is -2.53. The van der Waals surface area contributed by atoms with Crippen LogP contribution in [0, 0.1) is 0 Å². The van der Waals surface area contributed by atoms with E-state index < -0.39 is 0 Å². The Morgan fingerprint density at radius 2 is 2.19 bits per heavy atom. The number of phenolic OH excluding ortho intramolecular Hbond substituents is 1. The first-order chi connectivity index (χ1) is 12.7. The fourth-order valence-corrected chi connectivity index (χ4v) is 3.39. The van der Waals surface area contributed by atoms with Gasteiger partial charge in [-0.25, -0.2) is 4.99 Å². The maximum absolute atomic E-state index is 10.1. The van der Waals surface area contributed by atoms with Crippen molar-refractivity contribution < 1.29 is 19.3 Å². The summed E-state index contributed by atoms with van der Waals surface area (Å²) in [4.78, 5) is 6.94. The summed E-state index contributed by atoms with van der Waals surface area (Å²) in [6, 6.07) is 5.19. The smallest absolute Gasteiger partial charge is 0.194 e. The molecule has 1 aromatic rings. The highest BCUT2D eigenvalue weighted by Gasteiger charge is 2.32. The van der Waals surface area contributed by atoms with Crippen LogP contribution >= 0.6 is 0 Å². The van der Waals surface area contributed by atoms with Crippen LogP contribution in [0.1, 0.15) is 25.3 Å². The molecule has 0 bridgehead atoms. The van der Waals surface area contributed by atoms with Crippen molar-refractivity contribution in [3.63, 3.8) is 0 Å². The van der Waals surface area contributed by atoms with Crippen molar-refractivity contribution >= 4 is 5.96 Å². The number of nitrogens with one attached hydrogen (secondary N) is 1. The van der Waals surface area contributed by atoms with E-state index in [0.29, 0.717) is 18.9 Å². The van der Waals surface area contributed by atoms with Gasteiger partial charge in [0.05, 0.1) is 26.4 Å². The highest BCUT2D eigenvalue weighted by Crippen LogP contribution is 2.24. The van der Waals surface area contributed by atoms with Crippen LogP contribution in [0.2, 0.25) is 0 Å². The molecule has 0 aromatic heterocycles. The highest BCUT2D eigenvalue weighted by molar-refractivity contribution is 5.80. The van der Waals surface area contributed by atoms with Gasteiger partial charge in [0.25, 0.3) is 0 Å². The van der Waals surface area contributed by atoms with Gasteiger partial charge in [0.2, 0.25) is 0 Å². The Hall–Kier alpha value is -1.99. The summed E-state index contributed by atoms with van der Waals surface area (Å²) in [6.07, 6.45) is 2.43. The molecule has 2 heterocycles. The molecule has 2 saturated heterocycles. The van der Waals surface area contributed by atoms with Crippen molar-refractivity contribution in [2.24, 2.45) is 4.99 Å². The average molecular weight is 363 g/mol. The Balaban J connectivity index is 1.70. The molecule has 7 heteroatoms. The minimum Gasteiger partial charge on any atom is -0.508 e. The molecule has 0 aliphatic carbocycles. The van der Waals surface area contributed by atoms with Crippen LogP contribution in [0.25, 0.3) is 0 Å². The SMILES string of the molecule is CCNC(=NCc1cc(OC)ccc1O)N1CCOC(C2CCCO2)C1. The van der Waals surface area contributed by atoms with Crippen LogP contribution in [-0.4, -0.2) is 68.1 Å². The molecule has 0 spiro atoms. The number of phenols is 1. The van der Waals surface area contributed by atoms with Crippen LogP contribution in [0.15, 0.2) is 23.2 Å². The zero-order chi connectivity index (χ0) is 18.4. The van der Waals surface area contributed by atoms with E-state index in [1.165, 1.54) is 0 Å². The molecule has 0 radical (unpaired) electrons. The molecule has 2 aliphatic rings. The van der Waals surface area contributed by atoms with Crippen molar-refractivity contribution in [3.8, 4) is 11.5 Å². The molecule has 2 fully saturated rings. The lowest BCUT2D eigenvalue weighted by atomic mass is 10.1. The van der Waals surface area contributed by atoms with Gasteiger partial charge in [-0.3, -0.25) is 0 Å². The normalized spacial score (nSPS) is 23.9. The number of nitrogens with zero attached hydrogens (tertiary/aromatic N) is 2. The van der Waals surface area contributed by atoms with E-state index in [-0.39, 0.29) is 18.0 Å². The topological polar surface area (TPSA) is 75.6 Å². The second-order valence-corrected chi connectivity index (χ2v) is 6.57. The molecular weight excluding hydrogens is 334 g/mol. The second-order valence-electron chi connectivity index (χ2n) is 6.57. The van der Waals surface area contributed by atoms with Gasteiger partial charge in [0.1, 0.15) is 17.6 Å². The Bertz CT molecular complexity index is 617. The summed E-state index contributed by atoms with van der Waals surface area (Å²) in [5, 5.41) is 13.4. The fourth-order valence-electron chi connectivity index (χ4n) is 3.39. The molecule has 2 aliphatic heterocycles. The van der Waals surface area contributed by atoms with Gasteiger partial charge in [-0.05, 0) is 38.0 Å². The maximum atomic E-state index is 10.1. The van der Waals surface area contributed by atoms with Gasteiger partial charge in [-0.15, -0.1) is 0 Å². The molecule has 7 nitrogen and oxygen atoms in total. The van der Waals surface area contributed by atoms with Gasteiger partial charge in [0.15, 0.2) is 5.96 Å². The molecule has 144 valence electrons. The number of hydrogen-bond donors (Lipinski definition) is 2. The quantitative estimate of drug-likeness (QED) is 0.613. The molecule has 0 saturated carbocycles. The summed E-state index contributed by atoms with van der Waals surface area (Å²) < 4.78 is 17.0. The number of morpholine rings is 1. The van der Waals surface area contributed by atoms with Gasteiger partial charge >= 0.3 is 0 Å². The first-order valence-corrected chi connectivity index (χ1v) is 9.33. The van der Waals surface area contributed by atoms with Crippen molar-refractivity contribution in [3.05, 3.63) is 23.8 Å². The van der Waals surface area contributed by atoms with E-state index in [9.17, 15) is 5.11 Å². The molecule has 2 N–H and O–H groups in total. The number of rotatable bonds is 5. The molecule has 26 heavy (non-hydrogen) atoms. The number of guanidine groups is 1. The van der Waals surface area contributed by atoms with Crippen molar-refractivity contribution in [1.82, 2.24) is 10.2 Å². The predicted octanol–water partition coefficient (Wildman–Crippen LogP) is 1.75. The van der Waals surface area contributed by atoms with Crippen molar-refractivity contribution in [2.75, 3.05) is 40.0 Å². The third-order valence-corrected chi connectivity index (χ3v) is 4.79. The zero-order valence-electron chi connectivity index (χ0n) is 15.6. The van der Waals surface area contributed by atoms with Gasteiger partial charge in [0, 0.05) is 31.8 Å². The Kier molecular flexibility index (Phi) is 6.57. The number of benzene rings is 1. The summed E-state index contributed by atoms with van der Waals surface area (Å²) in [5.41, 5.74) is 0.740. The standard InChI is InChI=1S/C19H29N3O4/c1-3-20-19(21-12-14-11-15(24-2)6-7-16(14)23)22-8-10-26-18(13-22)17-5-4-9-25-17/h6-7,11,17-18,23H,3-5,8-10,12-13H2,1-2H3,(H,20,21). The lowest BCUT2D eigenvalue weighted by Gasteiger charge is -2.37. The predicted molar refractivity (Wildman–Crippen MR) is 99.8 cm³/mol. The zero-order valence-corrected chi connectivity index (χ0v) is 15.6. The van der Waals surface area contributed by atoms with E-state index in [0.717, 1.165) is 50.6 Å². The van der Waals surface area contributed by atoms with Gasteiger partial charge in [-0.1, -0.05) is 0 Å². The number of ether oxygens (including phenoxy) is 3. The number of methoxy groups -OCH3 is 1. The first kappa shape index (κ1) is 18.8. The third-order valence-electron chi connectivity index (χ3n) is 4.79. The third kappa shape index (κ3) is 4.59. The highest BCUT2D eigenvalue weighted by atomic mass is 16.5. The lowest BCUT2D eigenvalue weighted by molar-refractivity contribution is -0.0817. The minimum atomic E-state index is 0.0836. The number of aliphatic imine (C=N–C) groups is 1. The van der Waals surface area contributed by atoms with Crippen molar-refractivity contribution in [1.29, 1.82) is 0 Å². The van der Waals surface area contributed by atoms with E-state index in [2.05, 4.69) is 17.1 Å². The largest absolute Gasteiger partial charge is 0.508 e. The number of hydrogen-bond acceptors (Lipinski definition) is 5. The monoisotopic (exact) mass is 363 g/mol. The van der Waals surface area contributed by atoms with Gasteiger partial charge < -0.3 is 29.5 Å². The van der Waals surface area contributed by atoms with Crippen LogP contribution < -0.4 is 10.1 Å².